The van der Waals surface area contributed by atoms with E-state index in [-0.39, 0.29) is 10.8 Å². The van der Waals surface area contributed by atoms with Crippen molar-refractivity contribution in [2.24, 2.45) is 0 Å². The van der Waals surface area contributed by atoms with Crippen LogP contribution in [0, 0.1) is 6.92 Å². The Kier molecular flexibility index (Phi) is 6.13. The molecule has 6 aromatic rings. The molecule has 0 spiro atoms. The van der Waals surface area contributed by atoms with E-state index in [1.54, 1.807) is 0 Å². The first-order chi connectivity index (χ1) is 21.7. The van der Waals surface area contributed by atoms with Gasteiger partial charge in [-0.1, -0.05) is 125 Å². The summed E-state index contributed by atoms with van der Waals surface area (Å²) in [5, 5.41) is 5.19. The van der Waals surface area contributed by atoms with E-state index in [9.17, 15) is 0 Å². The molecule has 0 atom stereocenters. The van der Waals surface area contributed by atoms with Crippen LogP contribution in [-0.4, -0.2) is 0 Å². The van der Waals surface area contributed by atoms with Gasteiger partial charge in [-0.15, -0.1) is 0 Å². The van der Waals surface area contributed by atoms with E-state index in [1.165, 1.54) is 88.3 Å². The Hall–Kier alpha value is -4.68. The molecule has 8 rings (SSSR count). The molecular formula is C45H40. The molecule has 0 nitrogen and oxygen atoms in total. The third-order valence-corrected chi connectivity index (χ3v) is 10.8. The molecule has 0 saturated heterocycles. The largest absolute Gasteiger partial charge is 0.0795 e. The highest BCUT2D eigenvalue weighted by Gasteiger charge is 2.43. The van der Waals surface area contributed by atoms with Crippen molar-refractivity contribution >= 4 is 27.1 Å². The molecule has 2 aliphatic carbocycles. The standard InChI is InChI=1S/C45H40/c1-7-36-37-26-41-38(27-40(37)44(3,4)39(36)21-17-29-16-18-30-12-8-10-14-32(30)23-29)43-28(2)22-35(25-42(43)45(41,5)6)34-20-19-31-13-9-11-15-33(31)24-34/h7-16,18-27H,17H2,1-6H3/b36-7+,39-21+. The third-order valence-electron chi connectivity index (χ3n) is 10.8. The van der Waals surface area contributed by atoms with Crippen LogP contribution in [-0.2, 0) is 17.3 Å². The van der Waals surface area contributed by atoms with E-state index in [0.717, 1.165) is 6.42 Å². The molecular weight excluding hydrogens is 540 g/mol. The number of allylic oxidation sites excluding steroid dienone is 4. The average Bonchev–Trinajstić information content (AvgIpc) is 3.40. The maximum atomic E-state index is 2.54. The van der Waals surface area contributed by atoms with Crippen LogP contribution < -0.4 is 0 Å². The molecule has 0 radical (unpaired) electrons. The summed E-state index contributed by atoms with van der Waals surface area (Å²) in [6.07, 6.45) is 5.76. The van der Waals surface area contributed by atoms with Gasteiger partial charge >= 0.3 is 0 Å². The number of hydrogen-bond donors (Lipinski definition) is 0. The van der Waals surface area contributed by atoms with Crippen molar-refractivity contribution in [3.05, 3.63) is 160 Å². The second kappa shape index (κ2) is 9.91. The van der Waals surface area contributed by atoms with Gasteiger partial charge in [0.05, 0.1) is 0 Å². The van der Waals surface area contributed by atoms with E-state index < -0.39 is 0 Å². The van der Waals surface area contributed by atoms with Crippen LogP contribution in [0.4, 0.5) is 0 Å². The molecule has 0 heteroatoms. The maximum absolute atomic E-state index is 2.54. The summed E-state index contributed by atoms with van der Waals surface area (Å²) < 4.78 is 0. The Labute approximate surface area is 267 Å². The minimum absolute atomic E-state index is 0.0745. The van der Waals surface area contributed by atoms with Crippen molar-refractivity contribution < 1.29 is 0 Å². The Morgan fingerprint density at radius 2 is 1.18 bits per heavy atom. The van der Waals surface area contributed by atoms with Gasteiger partial charge in [-0.3, -0.25) is 0 Å². The third kappa shape index (κ3) is 4.19. The number of hydrogen-bond acceptors (Lipinski definition) is 0. The molecule has 45 heavy (non-hydrogen) atoms. The van der Waals surface area contributed by atoms with Crippen LogP contribution in [0.1, 0.15) is 68.0 Å². The van der Waals surface area contributed by atoms with Crippen molar-refractivity contribution in [1.82, 2.24) is 0 Å². The second-order valence-corrected chi connectivity index (χ2v) is 14.2. The number of fused-ring (bicyclic) bond motifs is 6. The number of rotatable bonds is 3. The molecule has 0 amide bonds. The van der Waals surface area contributed by atoms with Gasteiger partial charge in [0.1, 0.15) is 0 Å². The van der Waals surface area contributed by atoms with Gasteiger partial charge in [-0.25, -0.2) is 0 Å². The fourth-order valence-electron chi connectivity index (χ4n) is 8.27. The quantitative estimate of drug-likeness (QED) is 0.195. The predicted molar refractivity (Wildman–Crippen MR) is 194 cm³/mol. The van der Waals surface area contributed by atoms with Crippen LogP contribution in [0.15, 0.2) is 127 Å². The summed E-state index contributed by atoms with van der Waals surface area (Å²) in [7, 11) is 0. The van der Waals surface area contributed by atoms with Gasteiger partial charge in [0.25, 0.3) is 0 Å². The van der Waals surface area contributed by atoms with E-state index in [1.807, 2.05) is 0 Å². The smallest absolute Gasteiger partial charge is 0.0159 e. The zero-order valence-electron chi connectivity index (χ0n) is 27.3. The zero-order chi connectivity index (χ0) is 31.1. The second-order valence-electron chi connectivity index (χ2n) is 14.2. The van der Waals surface area contributed by atoms with Gasteiger partial charge in [0.15, 0.2) is 0 Å². The summed E-state index contributed by atoms with van der Waals surface area (Å²) in [4.78, 5) is 0. The summed E-state index contributed by atoms with van der Waals surface area (Å²) >= 11 is 0. The normalized spacial score (nSPS) is 17.6. The van der Waals surface area contributed by atoms with Crippen molar-refractivity contribution in [3.63, 3.8) is 0 Å². The van der Waals surface area contributed by atoms with Crippen molar-refractivity contribution in [1.29, 1.82) is 0 Å². The number of aryl methyl sites for hydroxylation is 1. The molecule has 0 aromatic heterocycles. The minimum atomic E-state index is -0.0854. The minimum Gasteiger partial charge on any atom is -0.0795 e. The van der Waals surface area contributed by atoms with Crippen molar-refractivity contribution in [2.75, 3.05) is 0 Å². The first-order valence-electron chi connectivity index (χ1n) is 16.4. The Bertz CT molecular complexity index is 2250. The van der Waals surface area contributed by atoms with Crippen molar-refractivity contribution in [2.45, 2.75) is 58.8 Å². The van der Waals surface area contributed by atoms with Crippen LogP contribution in [0.5, 0.6) is 0 Å². The SMILES string of the molecule is C/C=C1/C(=C\Cc2ccc3ccccc3c2)C(C)(C)c2cc3c(cc21)C(C)(C)c1cc(-c2ccc4ccccc4c2)cc(C)c1-3. The molecule has 0 heterocycles. The lowest BCUT2D eigenvalue weighted by atomic mass is 9.79. The Morgan fingerprint density at radius 3 is 1.89 bits per heavy atom. The lowest BCUT2D eigenvalue weighted by Crippen LogP contribution is -2.17. The van der Waals surface area contributed by atoms with Crippen LogP contribution >= 0.6 is 0 Å². The molecule has 6 aromatic carbocycles. The molecule has 0 unspecified atom stereocenters. The monoisotopic (exact) mass is 580 g/mol. The number of benzene rings is 6. The van der Waals surface area contributed by atoms with E-state index in [2.05, 4.69) is 163 Å². The van der Waals surface area contributed by atoms with Gasteiger partial charge in [-0.05, 0) is 133 Å². The molecule has 0 fully saturated rings. The van der Waals surface area contributed by atoms with Gasteiger partial charge < -0.3 is 0 Å². The average molecular weight is 581 g/mol. The summed E-state index contributed by atoms with van der Waals surface area (Å²) in [6, 6.07) is 41.0. The van der Waals surface area contributed by atoms with Crippen LogP contribution in [0.25, 0.3) is 49.4 Å². The maximum Gasteiger partial charge on any atom is 0.0159 e. The molecule has 0 bridgehead atoms. The van der Waals surface area contributed by atoms with Gasteiger partial charge in [-0.2, -0.15) is 0 Å². The highest BCUT2D eigenvalue weighted by atomic mass is 14.5. The first kappa shape index (κ1) is 27.8. The summed E-state index contributed by atoms with van der Waals surface area (Å²) in [6.45, 7) is 14.2. The molecule has 0 saturated carbocycles. The molecule has 0 N–H and O–H groups in total. The lowest BCUT2D eigenvalue weighted by Gasteiger charge is -2.24. The summed E-state index contributed by atoms with van der Waals surface area (Å²) in [5.41, 5.74) is 16.5. The van der Waals surface area contributed by atoms with E-state index in [0.29, 0.717) is 0 Å². The summed E-state index contributed by atoms with van der Waals surface area (Å²) in [5.74, 6) is 0. The van der Waals surface area contributed by atoms with E-state index >= 15 is 0 Å². The Morgan fingerprint density at radius 1 is 0.556 bits per heavy atom. The lowest BCUT2D eigenvalue weighted by molar-refractivity contribution is 0.650. The predicted octanol–water partition coefficient (Wildman–Crippen LogP) is 12.1. The first-order valence-corrected chi connectivity index (χ1v) is 16.4. The van der Waals surface area contributed by atoms with Crippen LogP contribution in [0.2, 0.25) is 0 Å². The van der Waals surface area contributed by atoms with E-state index in [4.69, 9.17) is 0 Å². The fraction of sp³-hybridized carbons (Fsp3) is 0.200. The fourth-order valence-corrected chi connectivity index (χ4v) is 8.27. The molecule has 220 valence electrons. The highest BCUT2D eigenvalue weighted by molar-refractivity contribution is 5.95. The van der Waals surface area contributed by atoms with Gasteiger partial charge in [0, 0.05) is 10.8 Å². The molecule has 0 aliphatic heterocycles. The zero-order valence-corrected chi connectivity index (χ0v) is 27.3. The van der Waals surface area contributed by atoms with Gasteiger partial charge in [0.2, 0.25) is 0 Å². The van der Waals surface area contributed by atoms with Crippen LogP contribution in [0.3, 0.4) is 0 Å². The molecule has 2 aliphatic rings. The van der Waals surface area contributed by atoms with Crippen molar-refractivity contribution in [3.8, 4) is 22.3 Å². The topological polar surface area (TPSA) is 0 Å². The highest BCUT2D eigenvalue weighted by Crippen LogP contribution is 2.57. The Balaban J connectivity index is 1.22.